The van der Waals surface area contributed by atoms with Crippen molar-refractivity contribution in [2.75, 3.05) is 31.7 Å². The van der Waals surface area contributed by atoms with Gasteiger partial charge in [0.1, 0.15) is 6.26 Å². The third-order valence-corrected chi connectivity index (χ3v) is 1.98. The molecule has 0 aliphatic carbocycles. The molecule has 0 amide bonds. The van der Waals surface area contributed by atoms with Crippen LogP contribution in [0.5, 0.6) is 0 Å². The highest BCUT2D eigenvalue weighted by Gasteiger charge is 2.12. The molecule has 1 rings (SSSR count). The van der Waals surface area contributed by atoms with Crippen LogP contribution in [0.25, 0.3) is 0 Å². The summed E-state index contributed by atoms with van der Waals surface area (Å²) in [5.41, 5.74) is 0.159. The van der Waals surface area contributed by atoms with Gasteiger partial charge in [0.05, 0.1) is 19.8 Å². The van der Waals surface area contributed by atoms with Gasteiger partial charge in [-0.1, -0.05) is 6.08 Å². The molecule has 0 aliphatic heterocycles. The fraction of sp³-hybridized carbons (Fsp3) is 0.500. The molecule has 0 fully saturated rings. The molecule has 0 radical (unpaired) electrons. The maximum atomic E-state index is 11.3. The summed E-state index contributed by atoms with van der Waals surface area (Å²) in [6.07, 6.45) is 3.89. The second-order valence-electron chi connectivity index (χ2n) is 3.37. The van der Waals surface area contributed by atoms with E-state index >= 15 is 0 Å². The lowest BCUT2D eigenvalue weighted by molar-refractivity contribution is 0.0519. The zero-order chi connectivity index (χ0) is 13.2. The van der Waals surface area contributed by atoms with Crippen molar-refractivity contribution in [3.05, 3.63) is 24.6 Å². The van der Waals surface area contributed by atoms with Gasteiger partial charge < -0.3 is 19.2 Å². The molecule has 0 atom stereocenters. The first-order valence-corrected chi connectivity index (χ1v) is 5.83. The molecule has 0 bridgehead atoms. The lowest BCUT2D eigenvalue weighted by Crippen LogP contribution is -2.10. The maximum absolute atomic E-state index is 11.3. The fourth-order valence-corrected chi connectivity index (χ4v) is 1.15. The molecule has 0 spiro atoms. The number of ether oxygens (including phenoxy) is 2. The summed E-state index contributed by atoms with van der Waals surface area (Å²) in [4.78, 5) is 15.2. The normalized spacial score (nSPS) is 10.1. The Morgan fingerprint density at radius 3 is 3.17 bits per heavy atom. The fourth-order valence-electron chi connectivity index (χ4n) is 1.15. The van der Waals surface area contributed by atoms with E-state index in [2.05, 4.69) is 16.9 Å². The molecule has 100 valence electrons. The lowest BCUT2D eigenvalue weighted by Gasteiger charge is -2.02. The van der Waals surface area contributed by atoms with E-state index in [-0.39, 0.29) is 11.7 Å². The SMILES string of the molecule is C=CCCOCCNc1nc(C(=O)OCC)co1. The minimum absolute atomic E-state index is 0.159. The highest BCUT2D eigenvalue weighted by Crippen LogP contribution is 2.08. The van der Waals surface area contributed by atoms with Crippen LogP contribution in [0.3, 0.4) is 0 Å². The monoisotopic (exact) mass is 254 g/mol. The number of oxazole rings is 1. The largest absolute Gasteiger partial charge is 0.461 e. The number of carbonyl (C=O) groups excluding carboxylic acids is 1. The Balaban J connectivity index is 2.23. The number of nitrogens with zero attached hydrogens (tertiary/aromatic N) is 1. The van der Waals surface area contributed by atoms with Crippen LogP contribution < -0.4 is 5.32 Å². The molecule has 1 aromatic rings. The summed E-state index contributed by atoms with van der Waals surface area (Å²) >= 11 is 0. The van der Waals surface area contributed by atoms with Crippen molar-refractivity contribution in [3.8, 4) is 0 Å². The van der Waals surface area contributed by atoms with Crippen molar-refractivity contribution < 1.29 is 18.7 Å². The van der Waals surface area contributed by atoms with Gasteiger partial charge in [-0.05, 0) is 13.3 Å². The van der Waals surface area contributed by atoms with E-state index in [9.17, 15) is 4.79 Å². The highest BCUT2D eigenvalue weighted by molar-refractivity contribution is 5.87. The van der Waals surface area contributed by atoms with Gasteiger partial charge in [0.25, 0.3) is 6.01 Å². The summed E-state index contributed by atoms with van der Waals surface area (Å²) in [6, 6.07) is 0.283. The second kappa shape index (κ2) is 8.30. The highest BCUT2D eigenvalue weighted by atomic mass is 16.5. The number of nitrogens with one attached hydrogen (secondary N) is 1. The average Bonchev–Trinajstić information content (AvgIpc) is 2.83. The Bertz CT molecular complexity index is 376. The van der Waals surface area contributed by atoms with Crippen LogP contribution in [0.2, 0.25) is 0 Å². The topological polar surface area (TPSA) is 73.6 Å². The Morgan fingerprint density at radius 2 is 2.44 bits per heavy atom. The van der Waals surface area contributed by atoms with E-state index in [1.165, 1.54) is 6.26 Å². The van der Waals surface area contributed by atoms with Crippen molar-refractivity contribution in [1.82, 2.24) is 4.98 Å². The van der Waals surface area contributed by atoms with E-state index < -0.39 is 5.97 Å². The van der Waals surface area contributed by atoms with Gasteiger partial charge >= 0.3 is 5.97 Å². The first-order chi connectivity index (χ1) is 8.77. The Labute approximate surface area is 106 Å². The molecular weight excluding hydrogens is 236 g/mol. The minimum Gasteiger partial charge on any atom is -0.461 e. The Morgan fingerprint density at radius 1 is 1.61 bits per heavy atom. The van der Waals surface area contributed by atoms with E-state index in [4.69, 9.17) is 13.9 Å². The molecule has 0 aliphatic rings. The molecule has 6 nitrogen and oxygen atoms in total. The van der Waals surface area contributed by atoms with Crippen LogP contribution in [-0.4, -0.2) is 37.3 Å². The quantitative estimate of drug-likeness (QED) is 0.412. The number of rotatable bonds is 9. The number of esters is 1. The standard InChI is InChI=1S/C12H18N2O4/c1-3-5-7-16-8-6-13-12-14-10(9-18-12)11(15)17-4-2/h3,9H,1,4-8H2,2H3,(H,13,14). The van der Waals surface area contributed by atoms with E-state index in [0.29, 0.717) is 26.4 Å². The van der Waals surface area contributed by atoms with E-state index in [1.807, 2.05) is 0 Å². The van der Waals surface area contributed by atoms with Crippen LogP contribution >= 0.6 is 0 Å². The molecule has 18 heavy (non-hydrogen) atoms. The Kier molecular flexibility index (Phi) is 6.56. The molecule has 0 saturated heterocycles. The van der Waals surface area contributed by atoms with Crippen molar-refractivity contribution in [2.24, 2.45) is 0 Å². The summed E-state index contributed by atoms with van der Waals surface area (Å²) in [5.74, 6) is -0.489. The average molecular weight is 254 g/mol. The number of hydrogen-bond donors (Lipinski definition) is 1. The smallest absolute Gasteiger partial charge is 0.360 e. The van der Waals surface area contributed by atoms with Gasteiger partial charge in [0.15, 0.2) is 5.69 Å². The van der Waals surface area contributed by atoms with Crippen LogP contribution in [0.15, 0.2) is 23.3 Å². The van der Waals surface area contributed by atoms with Crippen LogP contribution in [0.4, 0.5) is 6.01 Å². The first-order valence-electron chi connectivity index (χ1n) is 5.83. The van der Waals surface area contributed by atoms with E-state index in [1.54, 1.807) is 13.0 Å². The molecule has 1 aromatic heterocycles. The summed E-state index contributed by atoms with van der Waals surface area (Å²) < 4.78 is 15.1. The van der Waals surface area contributed by atoms with Crippen molar-refractivity contribution in [2.45, 2.75) is 13.3 Å². The number of aromatic nitrogens is 1. The molecular formula is C12H18N2O4. The second-order valence-corrected chi connectivity index (χ2v) is 3.37. The summed E-state index contributed by atoms with van der Waals surface area (Å²) in [6.45, 7) is 7.37. The van der Waals surface area contributed by atoms with E-state index in [0.717, 1.165) is 6.42 Å². The van der Waals surface area contributed by atoms with Gasteiger partial charge in [-0.15, -0.1) is 6.58 Å². The third-order valence-electron chi connectivity index (χ3n) is 1.98. The van der Waals surface area contributed by atoms with Crippen molar-refractivity contribution >= 4 is 12.0 Å². The molecule has 0 aromatic carbocycles. The van der Waals surface area contributed by atoms with Crippen LogP contribution in [-0.2, 0) is 9.47 Å². The molecule has 0 saturated carbocycles. The van der Waals surface area contributed by atoms with Gasteiger partial charge in [0, 0.05) is 6.54 Å². The first kappa shape index (κ1) is 14.2. The maximum Gasteiger partial charge on any atom is 0.360 e. The van der Waals surface area contributed by atoms with Crippen molar-refractivity contribution in [1.29, 1.82) is 0 Å². The lowest BCUT2D eigenvalue weighted by atomic mass is 10.4. The van der Waals surface area contributed by atoms with Gasteiger partial charge in [-0.25, -0.2) is 4.79 Å². The number of carbonyl (C=O) groups is 1. The number of anilines is 1. The van der Waals surface area contributed by atoms with Crippen LogP contribution in [0, 0.1) is 0 Å². The molecule has 1 heterocycles. The van der Waals surface area contributed by atoms with Gasteiger partial charge in [0.2, 0.25) is 0 Å². The molecule has 6 heteroatoms. The predicted octanol–water partition coefficient (Wildman–Crippen LogP) is 1.86. The minimum atomic E-state index is -0.489. The van der Waals surface area contributed by atoms with Crippen LogP contribution in [0.1, 0.15) is 23.8 Å². The zero-order valence-corrected chi connectivity index (χ0v) is 10.5. The summed E-state index contributed by atoms with van der Waals surface area (Å²) in [5, 5.41) is 2.90. The third kappa shape index (κ3) is 5.01. The molecule has 1 N–H and O–H groups in total. The Hall–Kier alpha value is -1.82. The van der Waals surface area contributed by atoms with Crippen molar-refractivity contribution in [3.63, 3.8) is 0 Å². The summed E-state index contributed by atoms with van der Waals surface area (Å²) in [7, 11) is 0. The van der Waals surface area contributed by atoms with Gasteiger partial charge in [-0.3, -0.25) is 0 Å². The predicted molar refractivity (Wildman–Crippen MR) is 66.6 cm³/mol. The zero-order valence-electron chi connectivity index (χ0n) is 10.5. The number of hydrogen-bond acceptors (Lipinski definition) is 6. The molecule has 0 unspecified atom stereocenters. The van der Waals surface area contributed by atoms with Gasteiger partial charge in [-0.2, -0.15) is 4.98 Å².